The first kappa shape index (κ1) is 45.0. The molecule has 1 aliphatic carbocycles. The fourth-order valence-corrected chi connectivity index (χ4v) is 5.65. The fraction of sp³-hybridized carbons (Fsp3) is 0.462. The Hall–Kier alpha value is -4.72. The number of methoxy groups -OCH3 is 1. The van der Waals surface area contributed by atoms with Gasteiger partial charge in [-0.2, -0.15) is 8.78 Å². The summed E-state index contributed by atoms with van der Waals surface area (Å²) in [6.07, 6.45) is -2.30. The molecule has 312 valence electrons. The van der Waals surface area contributed by atoms with E-state index in [0.717, 1.165) is 22.3 Å². The number of alkyl carbamates (subject to hydrolysis) is 1. The van der Waals surface area contributed by atoms with Crippen LogP contribution >= 0.6 is 0 Å². The first-order valence-corrected chi connectivity index (χ1v) is 18.1. The van der Waals surface area contributed by atoms with Gasteiger partial charge in [0.1, 0.15) is 12.6 Å². The molecule has 2 N–H and O–H groups in total. The molecule has 1 aliphatic rings. The molecule has 57 heavy (non-hydrogen) atoms. The van der Waals surface area contributed by atoms with Gasteiger partial charge in [-0.25, -0.2) is 18.0 Å². The maximum Gasteiger partial charge on any atom is 0.407 e. The van der Waals surface area contributed by atoms with Gasteiger partial charge in [0.15, 0.2) is 0 Å². The summed E-state index contributed by atoms with van der Waals surface area (Å²) < 4.78 is 111. The van der Waals surface area contributed by atoms with E-state index in [1.807, 2.05) is 48.5 Å². The molecule has 4 rings (SSSR count). The summed E-state index contributed by atoms with van der Waals surface area (Å²) >= 11 is 0. The molecule has 0 saturated carbocycles. The van der Waals surface area contributed by atoms with Crippen molar-refractivity contribution < 1.29 is 74.2 Å². The third-order valence-corrected chi connectivity index (χ3v) is 8.44. The van der Waals surface area contributed by atoms with E-state index in [0.29, 0.717) is 52.9 Å². The van der Waals surface area contributed by atoms with Gasteiger partial charge in [0.25, 0.3) is 0 Å². The number of rotatable bonds is 26. The number of ether oxygens (including phenoxy) is 8. The maximum atomic E-state index is 14.1. The SMILES string of the molecule is COCCOCCOCCOCCOCCOCCNC(=O)[C@H](CCC(=O)Oc1c(F)c(F)c(F)c(F)c1F)NC(=O)OCC1c2ccccc2-c2ccccc21. The lowest BCUT2D eigenvalue weighted by Crippen LogP contribution is -2.48. The number of esters is 1. The average Bonchev–Trinajstić information content (AvgIpc) is 3.54. The minimum Gasteiger partial charge on any atom is -0.449 e. The lowest BCUT2D eigenvalue weighted by Gasteiger charge is -2.20. The first-order valence-electron chi connectivity index (χ1n) is 18.1. The Bertz CT molecular complexity index is 1700. The molecule has 0 aromatic heterocycles. The molecule has 0 bridgehead atoms. The molecule has 3 aromatic carbocycles. The fourth-order valence-electron chi connectivity index (χ4n) is 5.65. The summed E-state index contributed by atoms with van der Waals surface area (Å²) in [7, 11) is 1.60. The third kappa shape index (κ3) is 13.7. The normalized spacial score (nSPS) is 12.5. The minimum atomic E-state index is -2.43. The van der Waals surface area contributed by atoms with Crippen molar-refractivity contribution in [2.24, 2.45) is 0 Å². The Labute approximate surface area is 326 Å². The Kier molecular flexibility index (Phi) is 19.1. The maximum absolute atomic E-state index is 14.1. The topological polar surface area (TPSA) is 149 Å². The van der Waals surface area contributed by atoms with Crippen molar-refractivity contribution in [3.8, 4) is 16.9 Å². The smallest absolute Gasteiger partial charge is 0.407 e. The van der Waals surface area contributed by atoms with Crippen molar-refractivity contribution in [2.45, 2.75) is 24.8 Å². The number of hydrogen-bond donors (Lipinski definition) is 2. The van der Waals surface area contributed by atoms with Gasteiger partial charge >= 0.3 is 12.1 Å². The van der Waals surface area contributed by atoms with Crippen molar-refractivity contribution >= 4 is 18.0 Å². The Morgan fingerprint density at radius 3 is 1.60 bits per heavy atom. The number of carbonyl (C=O) groups is 3. The van der Waals surface area contributed by atoms with Gasteiger partial charge < -0.3 is 48.5 Å². The zero-order valence-electron chi connectivity index (χ0n) is 31.3. The molecule has 1 atom stereocenters. The number of amides is 2. The summed E-state index contributed by atoms with van der Waals surface area (Å²) in [6, 6.07) is 13.8. The van der Waals surface area contributed by atoms with Gasteiger partial charge in [-0.3, -0.25) is 9.59 Å². The molecule has 18 heteroatoms. The zero-order valence-corrected chi connectivity index (χ0v) is 31.3. The lowest BCUT2D eigenvalue weighted by molar-refractivity contribution is -0.135. The average molecular weight is 813 g/mol. The van der Waals surface area contributed by atoms with Crippen LogP contribution in [-0.2, 0) is 42.7 Å². The monoisotopic (exact) mass is 812 g/mol. The minimum absolute atomic E-state index is 0.0305. The van der Waals surface area contributed by atoms with E-state index >= 15 is 0 Å². The molecule has 3 aromatic rings. The van der Waals surface area contributed by atoms with Crippen LogP contribution in [0.15, 0.2) is 48.5 Å². The Balaban J connectivity index is 1.21. The third-order valence-electron chi connectivity index (χ3n) is 8.44. The van der Waals surface area contributed by atoms with E-state index in [9.17, 15) is 36.3 Å². The van der Waals surface area contributed by atoms with Crippen LogP contribution in [0.3, 0.4) is 0 Å². The summed E-state index contributed by atoms with van der Waals surface area (Å²) in [5, 5.41) is 4.92. The molecule has 0 heterocycles. The van der Waals surface area contributed by atoms with Crippen LogP contribution in [0.1, 0.15) is 29.9 Å². The predicted molar refractivity (Wildman–Crippen MR) is 192 cm³/mol. The highest BCUT2D eigenvalue weighted by Crippen LogP contribution is 2.44. The molecule has 0 radical (unpaired) electrons. The van der Waals surface area contributed by atoms with Gasteiger partial charge in [-0.1, -0.05) is 48.5 Å². The van der Waals surface area contributed by atoms with E-state index < -0.39 is 71.7 Å². The number of benzene rings is 3. The van der Waals surface area contributed by atoms with Crippen LogP contribution in [0.25, 0.3) is 11.1 Å². The summed E-state index contributed by atoms with van der Waals surface area (Å²) in [4.78, 5) is 38.6. The molecule has 2 amide bonds. The number of hydrogen-bond acceptors (Lipinski definition) is 11. The van der Waals surface area contributed by atoms with Crippen LogP contribution in [0.5, 0.6) is 5.75 Å². The highest BCUT2D eigenvalue weighted by Gasteiger charge is 2.31. The van der Waals surface area contributed by atoms with Crippen molar-refractivity contribution in [2.75, 3.05) is 92.9 Å². The van der Waals surface area contributed by atoms with Crippen LogP contribution in [0, 0.1) is 29.1 Å². The van der Waals surface area contributed by atoms with Gasteiger partial charge in [0.05, 0.1) is 72.7 Å². The highest BCUT2D eigenvalue weighted by molar-refractivity contribution is 5.86. The van der Waals surface area contributed by atoms with Crippen LogP contribution in [-0.4, -0.2) is 117 Å². The second-order valence-electron chi connectivity index (χ2n) is 12.3. The summed E-state index contributed by atoms with van der Waals surface area (Å²) in [6.45, 7) is 3.74. The van der Waals surface area contributed by atoms with Gasteiger partial charge in [-0.05, 0) is 28.7 Å². The van der Waals surface area contributed by atoms with Crippen molar-refractivity contribution in [1.29, 1.82) is 0 Å². The Morgan fingerprint density at radius 2 is 1.09 bits per heavy atom. The van der Waals surface area contributed by atoms with E-state index in [-0.39, 0.29) is 38.9 Å². The van der Waals surface area contributed by atoms with Gasteiger partial charge in [0, 0.05) is 26.0 Å². The van der Waals surface area contributed by atoms with E-state index in [4.69, 9.17) is 33.2 Å². The van der Waals surface area contributed by atoms with Gasteiger partial charge in [-0.15, -0.1) is 0 Å². The molecule has 0 saturated heterocycles. The molecular formula is C39H45F5N2O11. The summed E-state index contributed by atoms with van der Waals surface area (Å²) in [5.41, 5.74) is 3.85. The second-order valence-corrected chi connectivity index (χ2v) is 12.3. The molecular weight excluding hydrogens is 767 g/mol. The van der Waals surface area contributed by atoms with Crippen LogP contribution in [0.4, 0.5) is 26.7 Å². The van der Waals surface area contributed by atoms with E-state index in [2.05, 4.69) is 15.4 Å². The largest absolute Gasteiger partial charge is 0.449 e. The van der Waals surface area contributed by atoms with Crippen molar-refractivity contribution in [3.63, 3.8) is 0 Å². The van der Waals surface area contributed by atoms with Crippen molar-refractivity contribution in [3.05, 3.63) is 88.7 Å². The van der Waals surface area contributed by atoms with Crippen molar-refractivity contribution in [1.82, 2.24) is 10.6 Å². The number of carbonyl (C=O) groups excluding carboxylic acids is 3. The molecule has 0 fully saturated rings. The number of fused-ring (bicyclic) bond motifs is 3. The molecule has 0 aliphatic heterocycles. The first-order chi connectivity index (χ1) is 27.6. The molecule has 13 nitrogen and oxygen atoms in total. The molecule has 0 spiro atoms. The quantitative estimate of drug-likeness (QED) is 0.0287. The second kappa shape index (κ2) is 24.1. The zero-order chi connectivity index (χ0) is 41.0. The predicted octanol–water partition coefficient (Wildman–Crippen LogP) is 4.82. The number of halogens is 5. The van der Waals surface area contributed by atoms with Gasteiger partial charge in [0.2, 0.25) is 40.7 Å². The van der Waals surface area contributed by atoms with Crippen LogP contribution < -0.4 is 15.4 Å². The van der Waals surface area contributed by atoms with Crippen LogP contribution in [0.2, 0.25) is 0 Å². The highest BCUT2D eigenvalue weighted by atomic mass is 19.2. The summed E-state index contributed by atoms with van der Waals surface area (Å²) in [5.74, 6) is -16.0. The van der Waals surface area contributed by atoms with E-state index in [1.165, 1.54) is 0 Å². The molecule has 0 unspecified atom stereocenters. The lowest BCUT2D eigenvalue weighted by atomic mass is 9.98. The van der Waals surface area contributed by atoms with E-state index in [1.54, 1.807) is 7.11 Å². The number of nitrogens with one attached hydrogen (secondary N) is 2. The standard InChI is InChI=1S/C39H45F5N2O11/c1-50-14-15-52-18-19-54-22-23-55-21-20-53-17-16-51-13-12-45-38(48)30(10-11-31(47)57-37-35(43)33(41)32(40)34(42)36(37)44)46-39(49)56-24-29-27-8-4-2-6-25(27)26-7-3-5-9-28(26)29/h2-9,29-30H,10-24H2,1H3,(H,45,48)(H,46,49)/t30-/m0/s1. The Morgan fingerprint density at radius 1 is 0.632 bits per heavy atom.